The standard InChI is InChI=1S/C24H21N4O9PS2/c1-38(30,31)19-5-2-4-17(12-19)26-24(29)25-15-8-10-16(11-9-15)27-28-18-13-21-20(23(14-18)40(35,36)37)6-3-7-22(21)39(32,33)34/h2-14,30-31H,1H2,(H2,25,26,29)(H,32,33,34)(H,35,36,37). The number of urea groups is 1. The Morgan fingerprint density at radius 2 is 1.30 bits per heavy atom. The van der Waals surface area contributed by atoms with Crippen molar-refractivity contribution in [2.75, 3.05) is 10.6 Å². The van der Waals surface area contributed by atoms with Crippen LogP contribution in [0.5, 0.6) is 0 Å². The van der Waals surface area contributed by atoms with E-state index in [0.717, 1.165) is 12.1 Å². The fourth-order valence-corrected chi connectivity index (χ4v) is 5.73. The van der Waals surface area contributed by atoms with E-state index in [0.29, 0.717) is 11.4 Å². The van der Waals surface area contributed by atoms with E-state index in [-0.39, 0.29) is 27.5 Å². The molecule has 0 aliphatic rings. The number of nitrogens with zero attached hydrogens (tertiary/aromatic N) is 2. The number of benzene rings is 4. The summed E-state index contributed by atoms with van der Waals surface area (Å²) in [6, 6.07) is 17.1. The summed E-state index contributed by atoms with van der Waals surface area (Å²) >= 11 is 0. The molecule has 0 fully saturated rings. The summed E-state index contributed by atoms with van der Waals surface area (Å²) < 4.78 is 66.7. The molecule has 2 amide bonds. The van der Waals surface area contributed by atoms with Gasteiger partial charge in [0.05, 0.1) is 11.4 Å². The fourth-order valence-electron chi connectivity index (χ4n) is 3.63. The van der Waals surface area contributed by atoms with Crippen molar-refractivity contribution < 1.29 is 40.5 Å². The van der Waals surface area contributed by atoms with E-state index in [4.69, 9.17) is 0 Å². The number of carbonyl (C=O) groups is 1. The van der Waals surface area contributed by atoms with Crippen LogP contribution in [0.1, 0.15) is 0 Å². The van der Waals surface area contributed by atoms with Gasteiger partial charge >= 0.3 is 6.03 Å². The number of hydrogen-bond acceptors (Lipinski definition) is 9. The molecule has 4 aromatic carbocycles. The van der Waals surface area contributed by atoms with Crippen LogP contribution in [-0.2, 0) is 20.2 Å². The first kappa shape index (κ1) is 29.0. The van der Waals surface area contributed by atoms with Gasteiger partial charge in [-0.25, -0.2) is 4.79 Å². The lowest BCUT2D eigenvalue weighted by atomic mass is 10.1. The Hall–Kier alpha value is -3.95. The van der Waals surface area contributed by atoms with Gasteiger partial charge in [0.1, 0.15) is 17.1 Å². The van der Waals surface area contributed by atoms with Gasteiger partial charge in [-0.15, -0.1) is 0 Å². The van der Waals surface area contributed by atoms with Crippen molar-refractivity contribution in [3.63, 3.8) is 0 Å². The summed E-state index contributed by atoms with van der Waals surface area (Å²) in [5.74, 6) is 0. The highest BCUT2D eigenvalue weighted by Crippen LogP contribution is 2.34. The fraction of sp³-hybridized carbons (Fsp3) is 0. The number of nitrogens with one attached hydrogen (secondary N) is 2. The maximum Gasteiger partial charge on any atom is 0.323 e. The number of fused-ring (bicyclic) bond motifs is 1. The van der Waals surface area contributed by atoms with Crippen LogP contribution in [0.15, 0.2) is 98.9 Å². The molecule has 4 rings (SSSR count). The second-order valence-electron chi connectivity index (χ2n) is 8.35. The zero-order valence-corrected chi connectivity index (χ0v) is 22.7. The molecule has 40 heavy (non-hydrogen) atoms. The lowest BCUT2D eigenvalue weighted by Gasteiger charge is -2.12. The first-order valence-corrected chi connectivity index (χ1v) is 15.8. The van der Waals surface area contributed by atoms with Gasteiger partial charge in [-0.2, -0.15) is 27.1 Å². The van der Waals surface area contributed by atoms with Crippen molar-refractivity contribution in [3.05, 3.63) is 78.9 Å². The molecule has 0 atom stereocenters. The molecule has 6 N–H and O–H groups in total. The van der Waals surface area contributed by atoms with Gasteiger partial charge in [0.15, 0.2) is 0 Å². The summed E-state index contributed by atoms with van der Waals surface area (Å²) in [5.41, 5.74) is 0.831. The molecule has 0 bridgehead atoms. The zero-order chi connectivity index (χ0) is 29.3. The Bertz CT molecular complexity index is 1920. The Morgan fingerprint density at radius 3 is 1.93 bits per heavy atom. The normalized spacial score (nSPS) is 12.5. The van der Waals surface area contributed by atoms with Crippen LogP contribution in [-0.4, -0.2) is 48.1 Å². The third-order valence-electron chi connectivity index (χ3n) is 5.38. The number of amides is 2. The highest BCUT2D eigenvalue weighted by Gasteiger charge is 2.21. The van der Waals surface area contributed by atoms with E-state index in [1.165, 1.54) is 60.7 Å². The first-order valence-electron chi connectivity index (χ1n) is 11.0. The quantitative estimate of drug-likeness (QED) is 0.101. The van der Waals surface area contributed by atoms with Crippen molar-refractivity contribution in [1.29, 1.82) is 0 Å². The molecule has 0 saturated heterocycles. The summed E-state index contributed by atoms with van der Waals surface area (Å²) in [6.45, 7) is 0. The number of anilines is 2. The Labute approximate surface area is 228 Å². The zero-order valence-electron chi connectivity index (χ0n) is 20.2. The topological polar surface area (TPSA) is 215 Å². The minimum Gasteiger partial charge on any atom is -0.350 e. The van der Waals surface area contributed by atoms with Crippen molar-refractivity contribution in [2.45, 2.75) is 9.79 Å². The minimum absolute atomic E-state index is 0.125. The van der Waals surface area contributed by atoms with E-state index >= 15 is 0 Å². The van der Waals surface area contributed by atoms with Crippen molar-refractivity contribution >= 4 is 78.7 Å². The van der Waals surface area contributed by atoms with Crippen LogP contribution in [0, 0.1) is 0 Å². The highest BCUT2D eigenvalue weighted by atomic mass is 32.2. The second kappa shape index (κ2) is 10.9. The van der Waals surface area contributed by atoms with Gasteiger partial charge in [-0.3, -0.25) is 9.11 Å². The maximum atomic E-state index is 12.3. The molecule has 0 aliphatic heterocycles. The Morgan fingerprint density at radius 1 is 0.700 bits per heavy atom. The van der Waals surface area contributed by atoms with Crippen LogP contribution < -0.4 is 15.9 Å². The van der Waals surface area contributed by atoms with Crippen LogP contribution >= 0.6 is 7.34 Å². The Balaban J connectivity index is 1.55. The molecule has 0 radical (unpaired) electrons. The molecule has 0 aliphatic carbocycles. The maximum absolute atomic E-state index is 12.3. The summed E-state index contributed by atoms with van der Waals surface area (Å²) in [5, 5.41) is 12.9. The van der Waals surface area contributed by atoms with Gasteiger partial charge < -0.3 is 20.4 Å². The van der Waals surface area contributed by atoms with Crippen LogP contribution in [0.25, 0.3) is 10.8 Å². The molecule has 0 aromatic heterocycles. The van der Waals surface area contributed by atoms with E-state index < -0.39 is 43.4 Å². The molecule has 4 aromatic rings. The van der Waals surface area contributed by atoms with Gasteiger partial charge in [0, 0.05) is 27.5 Å². The second-order valence-corrected chi connectivity index (χ2v) is 13.1. The van der Waals surface area contributed by atoms with Gasteiger partial charge in [-0.05, 0) is 60.9 Å². The van der Waals surface area contributed by atoms with Gasteiger partial charge in [0.2, 0.25) is 0 Å². The van der Waals surface area contributed by atoms with Crippen molar-refractivity contribution in [1.82, 2.24) is 0 Å². The number of azo groups is 1. The molecule has 0 unspecified atom stereocenters. The molecular weight excluding hydrogens is 583 g/mol. The lowest BCUT2D eigenvalue weighted by Crippen LogP contribution is -2.20. The predicted octanol–water partition coefficient (Wildman–Crippen LogP) is 4.28. The first-order chi connectivity index (χ1) is 18.6. The molecule has 0 heterocycles. The molecule has 0 saturated carbocycles. The Kier molecular flexibility index (Phi) is 7.92. The molecule has 208 valence electrons. The van der Waals surface area contributed by atoms with E-state index in [9.17, 15) is 40.5 Å². The summed E-state index contributed by atoms with van der Waals surface area (Å²) in [4.78, 5) is 30.5. The average Bonchev–Trinajstić information content (AvgIpc) is 2.86. The molecule has 13 nitrogen and oxygen atoms in total. The van der Waals surface area contributed by atoms with E-state index in [2.05, 4.69) is 27.2 Å². The monoisotopic (exact) mass is 604 g/mol. The van der Waals surface area contributed by atoms with Crippen LogP contribution in [0.4, 0.5) is 27.5 Å². The number of hydrogen-bond donors (Lipinski definition) is 6. The van der Waals surface area contributed by atoms with Crippen LogP contribution in [0.3, 0.4) is 0 Å². The van der Waals surface area contributed by atoms with Crippen LogP contribution in [0.2, 0.25) is 0 Å². The smallest absolute Gasteiger partial charge is 0.323 e. The van der Waals surface area contributed by atoms with E-state index in [1.54, 1.807) is 6.07 Å². The molecular formula is C24H21N4O9PS2. The van der Waals surface area contributed by atoms with E-state index in [1.807, 2.05) is 0 Å². The number of carbonyl (C=O) groups excluding carboxylic acids is 1. The third-order valence-corrected chi connectivity index (χ3v) is 8.29. The van der Waals surface area contributed by atoms with Crippen molar-refractivity contribution in [3.8, 4) is 0 Å². The van der Waals surface area contributed by atoms with Crippen molar-refractivity contribution in [2.24, 2.45) is 10.2 Å². The number of rotatable bonds is 7. The highest BCUT2D eigenvalue weighted by molar-refractivity contribution is 7.86. The summed E-state index contributed by atoms with van der Waals surface area (Å²) in [7, 11) is -13.0. The SMILES string of the molecule is C=P(O)(O)c1cccc(NC(=O)Nc2ccc(N=Nc3cc(S(=O)(=O)O)c4cccc(S(=O)(=O)O)c4c3)cc2)c1. The molecule has 0 spiro atoms. The largest absolute Gasteiger partial charge is 0.350 e. The predicted molar refractivity (Wildman–Crippen MR) is 151 cm³/mol. The minimum atomic E-state index is -4.80. The molecule has 16 heteroatoms. The summed E-state index contributed by atoms with van der Waals surface area (Å²) in [6.07, 6.45) is 3.32. The third kappa shape index (κ3) is 6.97. The van der Waals surface area contributed by atoms with Gasteiger partial charge in [0.25, 0.3) is 20.2 Å². The lowest BCUT2D eigenvalue weighted by molar-refractivity contribution is 0.262. The average molecular weight is 605 g/mol. The van der Waals surface area contributed by atoms with Gasteiger partial charge in [-0.1, -0.05) is 24.3 Å².